The molecule has 0 spiro atoms. The maximum Gasteiger partial charge on any atom is 0.335 e. The Bertz CT molecular complexity index is 913. The lowest BCUT2D eigenvalue weighted by Gasteiger charge is -2.08. The number of halogens is 1. The van der Waals surface area contributed by atoms with Crippen LogP contribution >= 0.6 is 15.9 Å². The average molecular weight is 358 g/mol. The van der Waals surface area contributed by atoms with Gasteiger partial charge in [0.15, 0.2) is 0 Å². The topological polar surface area (TPSA) is 59.3 Å². The van der Waals surface area contributed by atoms with Crippen LogP contribution in [0.25, 0.3) is 10.8 Å². The highest BCUT2D eigenvalue weighted by Crippen LogP contribution is 2.17. The third kappa shape index (κ3) is 2.80. The predicted molar refractivity (Wildman–Crippen MR) is 88.4 cm³/mol. The summed E-state index contributed by atoms with van der Waals surface area (Å²) in [7, 11) is 0. The summed E-state index contributed by atoms with van der Waals surface area (Å²) in [6.45, 7) is 0.404. The number of hydrogen-bond donors (Lipinski definition) is 1. The van der Waals surface area contributed by atoms with Crippen LogP contribution in [-0.4, -0.2) is 15.6 Å². The van der Waals surface area contributed by atoms with Gasteiger partial charge in [0.2, 0.25) is 0 Å². The highest BCUT2D eigenvalue weighted by Gasteiger charge is 2.06. The van der Waals surface area contributed by atoms with Gasteiger partial charge in [0.25, 0.3) is 5.56 Å². The number of carbonyl (C=O) groups is 1. The van der Waals surface area contributed by atoms with Crippen LogP contribution in [0.1, 0.15) is 15.9 Å². The van der Waals surface area contributed by atoms with Gasteiger partial charge in [-0.1, -0.05) is 34.1 Å². The van der Waals surface area contributed by atoms with Gasteiger partial charge >= 0.3 is 5.97 Å². The largest absolute Gasteiger partial charge is 0.478 e. The van der Waals surface area contributed by atoms with E-state index in [-0.39, 0.29) is 11.1 Å². The fourth-order valence-electron chi connectivity index (χ4n) is 2.33. The molecular weight excluding hydrogens is 346 g/mol. The van der Waals surface area contributed by atoms with Gasteiger partial charge < -0.3 is 9.67 Å². The van der Waals surface area contributed by atoms with E-state index < -0.39 is 5.97 Å². The standard InChI is InChI=1S/C17H12BrNO3/c18-14-6-5-12-7-8-19(16(20)15(12)9-14)10-11-1-3-13(4-2-11)17(21)22/h1-9H,10H2,(H,21,22). The molecule has 3 aromatic rings. The first-order chi connectivity index (χ1) is 10.5. The monoisotopic (exact) mass is 357 g/mol. The van der Waals surface area contributed by atoms with E-state index in [2.05, 4.69) is 15.9 Å². The molecule has 1 N–H and O–H groups in total. The molecule has 2 aromatic carbocycles. The van der Waals surface area contributed by atoms with Crippen molar-refractivity contribution >= 4 is 32.7 Å². The molecule has 0 aliphatic carbocycles. The molecule has 0 radical (unpaired) electrons. The first-order valence-electron chi connectivity index (χ1n) is 6.65. The molecule has 0 amide bonds. The number of fused-ring (bicyclic) bond motifs is 1. The van der Waals surface area contributed by atoms with E-state index >= 15 is 0 Å². The van der Waals surface area contributed by atoms with Crippen LogP contribution in [0.5, 0.6) is 0 Å². The van der Waals surface area contributed by atoms with Crippen LogP contribution < -0.4 is 5.56 Å². The minimum atomic E-state index is -0.959. The molecule has 0 saturated carbocycles. The second kappa shape index (κ2) is 5.77. The van der Waals surface area contributed by atoms with Crippen LogP contribution in [0.15, 0.2) is 64.0 Å². The Hall–Kier alpha value is -2.40. The lowest BCUT2D eigenvalue weighted by molar-refractivity contribution is 0.0697. The summed E-state index contributed by atoms with van der Waals surface area (Å²) in [6.07, 6.45) is 1.75. The second-order valence-corrected chi connectivity index (χ2v) is 5.90. The summed E-state index contributed by atoms with van der Waals surface area (Å²) in [5, 5.41) is 10.4. The molecule has 0 fully saturated rings. The van der Waals surface area contributed by atoms with Gasteiger partial charge in [0.1, 0.15) is 0 Å². The Morgan fingerprint density at radius 2 is 1.82 bits per heavy atom. The smallest absolute Gasteiger partial charge is 0.335 e. The molecule has 1 heterocycles. The number of carboxylic acids is 1. The molecule has 1 aromatic heterocycles. The summed E-state index contributed by atoms with van der Waals surface area (Å²) in [5.74, 6) is -0.959. The molecule has 0 saturated heterocycles. The minimum absolute atomic E-state index is 0.0684. The number of carboxylic acid groups (broad SMARTS) is 1. The van der Waals surface area contributed by atoms with E-state index in [1.165, 1.54) is 0 Å². The van der Waals surface area contributed by atoms with Crippen LogP contribution in [0.2, 0.25) is 0 Å². The van der Waals surface area contributed by atoms with E-state index in [1.807, 2.05) is 24.3 Å². The molecular formula is C17H12BrNO3. The lowest BCUT2D eigenvalue weighted by Crippen LogP contribution is -2.20. The van der Waals surface area contributed by atoms with E-state index in [9.17, 15) is 9.59 Å². The highest BCUT2D eigenvalue weighted by molar-refractivity contribution is 9.10. The van der Waals surface area contributed by atoms with Crippen molar-refractivity contribution in [2.75, 3.05) is 0 Å². The molecule has 0 bridgehead atoms. The maximum atomic E-state index is 12.5. The van der Waals surface area contributed by atoms with Gasteiger partial charge in [-0.3, -0.25) is 4.79 Å². The SMILES string of the molecule is O=C(O)c1ccc(Cn2ccc3ccc(Br)cc3c2=O)cc1. The minimum Gasteiger partial charge on any atom is -0.478 e. The van der Waals surface area contributed by atoms with Crippen LogP contribution in [0, 0.1) is 0 Å². The Morgan fingerprint density at radius 3 is 2.50 bits per heavy atom. The number of aromatic nitrogens is 1. The van der Waals surface area contributed by atoms with Crippen LogP contribution in [0.3, 0.4) is 0 Å². The van der Waals surface area contributed by atoms with Gasteiger partial charge in [0.05, 0.1) is 12.1 Å². The predicted octanol–water partition coefficient (Wildman–Crippen LogP) is 3.51. The van der Waals surface area contributed by atoms with E-state index in [0.29, 0.717) is 11.9 Å². The van der Waals surface area contributed by atoms with Crippen molar-refractivity contribution in [3.8, 4) is 0 Å². The summed E-state index contributed by atoms with van der Waals surface area (Å²) in [4.78, 5) is 23.4. The van der Waals surface area contributed by atoms with Gasteiger partial charge in [0, 0.05) is 16.1 Å². The molecule has 0 aliphatic heterocycles. The Labute approximate surface area is 134 Å². The number of nitrogens with zero attached hydrogens (tertiary/aromatic N) is 1. The Morgan fingerprint density at radius 1 is 1.09 bits per heavy atom. The van der Waals surface area contributed by atoms with E-state index in [0.717, 1.165) is 15.4 Å². The first kappa shape index (κ1) is 14.5. The van der Waals surface area contributed by atoms with Crippen LogP contribution in [-0.2, 0) is 6.54 Å². The third-order valence-electron chi connectivity index (χ3n) is 3.49. The molecule has 0 unspecified atom stereocenters. The molecule has 0 aliphatic rings. The summed E-state index contributed by atoms with van der Waals surface area (Å²) < 4.78 is 2.48. The summed E-state index contributed by atoms with van der Waals surface area (Å²) in [5.41, 5.74) is 1.04. The zero-order valence-corrected chi connectivity index (χ0v) is 13.1. The first-order valence-corrected chi connectivity index (χ1v) is 7.45. The molecule has 110 valence electrons. The van der Waals surface area contributed by atoms with Crippen molar-refractivity contribution in [1.82, 2.24) is 4.57 Å². The second-order valence-electron chi connectivity index (χ2n) is 4.98. The maximum absolute atomic E-state index is 12.5. The van der Waals surface area contributed by atoms with Gasteiger partial charge in [-0.2, -0.15) is 0 Å². The fourth-order valence-corrected chi connectivity index (χ4v) is 2.69. The van der Waals surface area contributed by atoms with E-state index in [1.54, 1.807) is 35.0 Å². The molecule has 3 rings (SSSR count). The van der Waals surface area contributed by atoms with Crippen molar-refractivity contribution in [2.45, 2.75) is 6.54 Å². The van der Waals surface area contributed by atoms with Crippen LogP contribution in [0.4, 0.5) is 0 Å². The van der Waals surface area contributed by atoms with E-state index in [4.69, 9.17) is 5.11 Å². The Kier molecular flexibility index (Phi) is 3.81. The van der Waals surface area contributed by atoms with Crippen molar-refractivity contribution < 1.29 is 9.90 Å². The number of aromatic carboxylic acids is 1. The van der Waals surface area contributed by atoms with Crippen molar-refractivity contribution in [3.05, 3.63) is 80.7 Å². The summed E-state index contributed by atoms with van der Waals surface area (Å²) >= 11 is 3.38. The lowest BCUT2D eigenvalue weighted by atomic mass is 10.1. The van der Waals surface area contributed by atoms with Crippen molar-refractivity contribution in [2.24, 2.45) is 0 Å². The zero-order chi connectivity index (χ0) is 15.7. The quantitative estimate of drug-likeness (QED) is 0.780. The molecule has 0 atom stereocenters. The Balaban J connectivity index is 1.98. The average Bonchev–Trinajstić information content (AvgIpc) is 2.51. The third-order valence-corrected chi connectivity index (χ3v) is 3.99. The number of hydrogen-bond acceptors (Lipinski definition) is 2. The molecule has 22 heavy (non-hydrogen) atoms. The normalized spacial score (nSPS) is 10.8. The fraction of sp³-hybridized carbons (Fsp3) is 0.0588. The number of benzene rings is 2. The van der Waals surface area contributed by atoms with Gasteiger partial charge in [-0.25, -0.2) is 4.79 Å². The number of rotatable bonds is 3. The summed E-state index contributed by atoms with van der Waals surface area (Å²) in [6, 6.07) is 14.0. The molecule has 5 heteroatoms. The highest BCUT2D eigenvalue weighted by atomic mass is 79.9. The number of pyridine rings is 1. The zero-order valence-electron chi connectivity index (χ0n) is 11.5. The van der Waals surface area contributed by atoms with Crippen molar-refractivity contribution in [3.63, 3.8) is 0 Å². The van der Waals surface area contributed by atoms with Crippen molar-refractivity contribution in [1.29, 1.82) is 0 Å². The molecule has 4 nitrogen and oxygen atoms in total. The van der Waals surface area contributed by atoms with Gasteiger partial charge in [-0.05, 0) is 41.3 Å². The van der Waals surface area contributed by atoms with Gasteiger partial charge in [-0.15, -0.1) is 0 Å².